The number of esters is 1. The average molecular weight is 471 g/mol. The molecule has 4 rings (SSSR count). The minimum absolute atomic E-state index is 0.305. The summed E-state index contributed by atoms with van der Waals surface area (Å²) < 4.78 is 16.1. The average Bonchev–Trinajstić information content (AvgIpc) is 3.14. The molecule has 0 fully saturated rings. The van der Waals surface area contributed by atoms with E-state index in [9.17, 15) is 4.79 Å². The number of aromatic nitrogens is 2. The van der Waals surface area contributed by atoms with Crippen LogP contribution in [0.25, 0.3) is 10.2 Å². The summed E-state index contributed by atoms with van der Waals surface area (Å²) in [7, 11) is 3.33. The van der Waals surface area contributed by atoms with Gasteiger partial charge in [-0.2, -0.15) is 0 Å². The van der Waals surface area contributed by atoms with Crippen molar-refractivity contribution >= 4 is 33.3 Å². The number of nitrogens with one attached hydrogen (secondary N) is 1. The van der Waals surface area contributed by atoms with E-state index >= 15 is 0 Å². The second kappa shape index (κ2) is 9.93. The topological polar surface area (TPSA) is 85.8 Å². The van der Waals surface area contributed by atoms with Crippen molar-refractivity contribution < 1.29 is 19.0 Å². The number of rotatable bonds is 8. The Kier molecular flexibility index (Phi) is 6.99. The number of aryl methyl sites for hydroxylation is 2. The quantitative estimate of drug-likeness (QED) is 0.495. The maximum atomic E-state index is 12.3. The van der Waals surface area contributed by atoms with Crippen molar-refractivity contribution in [2.75, 3.05) is 45.8 Å². The molecule has 3 aromatic rings. The lowest BCUT2D eigenvalue weighted by molar-refractivity contribution is 0.0531. The zero-order valence-electron chi connectivity index (χ0n) is 19.8. The van der Waals surface area contributed by atoms with Crippen LogP contribution < -0.4 is 14.8 Å². The maximum Gasteiger partial charge on any atom is 0.348 e. The van der Waals surface area contributed by atoms with Gasteiger partial charge in [-0.1, -0.05) is 0 Å². The first-order chi connectivity index (χ1) is 15.9. The van der Waals surface area contributed by atoms with Crippen LogP contribution in [0.1, 0.15) is 39.1 Å². The van der Waals surface area contributed by atoms with Crippen molar-refractivity contribution in [3.8, 4) is 11.5 Å². The van der Waals surface area contributed by atoms with Crippen LogP contribution >= 0.6 is 11.3 Å². The Morgan fingerprint density at radius 1 is 1.15 bits per heavy atom. The molecule has 8 nitrogen and oxygen atoms in total. The summed E-state index contributed by atoms with van der Waals surface area (Å²) in [6.07, 6.45) is 0.971. The highest BCUT2D eigenvalue weighted by atomic mass is 32.1. The van der Waals surface area contributed by atoms with Crippen LogP contribution in [0, 0.1) is 13.8 Å². The van der Waals surface area contributed by atoms with E-state index in [2.05, 4.69) is 32.3 Å². The van der Waals surface area contributed by atoms with Crippen molar-refractivity contribution in [2.45, 2.75) is 33.7 Å². The molecule has 0 amide bonds. The number of hydrogen-bond acceptors (Lipinski definition) is 9. The molecule has 1 aromatic carbocycles. The fourth-order valence-electron chi connectivity index (χ4n) is 4.23. The number of carbonyl (C=O) groups is 1. The summed E-state index contributed by atoms with van der Waals surface area (Å²) in [6, 6.07) is 4.17. The standard InChI is InChI=1S/C24H30N4O4S/c1-6-32-24(29)21-14(2)20-22(26-15(3)27-23(20)33-21)25-8-10-28-9-7-16-11-18(30-4)19(31-5)12-17(16)13-28/h11-12H,6-10,13H2,1-5H3,(H,25,26,27). The van der Waals surface area contributed by atoms with E-state index < -0.39 is 0 Å². The number of carbonyl (C=O) groups excluding carboxylic acids is 1. The van der Waals surface area contributed by atoms with Gasteiger partial charge in [-0.25, -0.2) is 14.8 Å². The van der Waals surface area contributed by atoms with Gasteiger partial charge in [0.25, 0.3) is 0 Å². The highest BCUT2D eigenvalue weighted by Gasteiger charge is 2.22. The van der Waals surface area contributed by atoms with Crippen LogP contribution in [-0.2, 0) is 17.7 Å². The molecule has 0 atom stereocenters. The lowest BCUT2D eigenvalue weighted by Crippen LogP contribution is -2.34. The predicted octanol–water partition coefficient (Wildman–Crippen LogP) is 3.97. The van der Waals surface area contributed by atoms with Crippen molar-refractivity contribution in [2.24, 2.45) is 0 Å². The highest BCUT2D eigenvalue weighted by molar-refractivity contribution is 7.20. The van der Waals surface area contributed by atoms with Gasteiger partial charge in [-0.15, -0.1) is 11.3 Å². The fraction of sp³-hybridized carbons (Fsp3) is 0.458. The van der Waals surface area contributed by atoms with Gasteiger partial charge < -0.3 is 19.5 Å². The number of nitrogens with zero attached hydrogens (tertiary/aromatic N) is 3. The Balaban J connectivity index is 1.47. The second-order valence-electron chi connectivity index (χ2n) is 8.01. The third-order valence-electron chi connectivity index (χ3n) is 5.88. The molecular weight excluding hydrogens is 440 g/mol. The van der Waals surface area contributed by atoms with Crippen LogP contribution in [0.3, 0.4) is 0 Å². The number of thiophene rings is 1. The second-order valence-corrected chi connectivity index (χ2v) is 9.00. The third-order valence-corrected chi connectivity index (χ3v) is 7.05. The minimum Gasteiger partial charge on any atom is -0.493 e. The molecule has 0 radical (unpaired) electrons. The Morgan fingerprint density at radius 2 is 1.88 bits per heavy atom. The van der Waals surface area contributed by atoms with Gasteiger partial charge in [0.15, 0.2) is 11.5 Å². The van der Waals surface area contributed by atoms with Crippen LogP contribution in [0.15, 0.2) is 12.1 Å². The summed E-state index contributed by atoms with van der Waals surface area (Å²) in [4.78, 5) is 25.3. The molecular formula is C24H30N4O4S. The molecule has 0 bridgehead atoms. The normalized spacial score (nSPS) is 13.6. The highest BCUT2D eigenvalue weighted by Crippen LogP contribution is 2.35. The molecule has 176 valence electrons. The van der Waals surface area contributed by atoms with Crippen molar-refractivity contribution in [1.29, 1.82) is 0 Å². The van der Waals surface area contributed by atoms with Gasteiger partial charge in [-0.05, 0) is 56.0 Å². The lowest BCUT2D eigenvalue weighted by atomic mass is 9.99. The van der Waals surface area contributed by atoms with Crippen LogP contribution in [0.5, 0.6) is 11.5 Å². The van der Waals surface area contributed by atoms with Crippen molar-refractivity contribution in [3.05, 3.63) is 39.5 Å². The molecule has 1 N–H and O–H groups in total. The Labute approximate surface area is 197 Å². The van der Waals surface area contributed by atoms with Crippen LogP contribution in [0.2, 0.25) is 0 Å². The molecule has 0 saturated carbocycles. The summed E-state index contributed by atoms with van der Waals surface area (Å²) in [5, 5.41) is 4.38. The summed E-state index contributed by atoms with van der Waals surface area (Å²) in [6.45, 7) is 9.39. The van der Waals surface area contributed by atoms with E-state index in [4.69, 9.17) is 14.2 Å². The van der Waals surface area contributed by atoms with Crippen molar-refractivity contribution in [3.63, 3.8) is 0 Å². The van der Waals surface area contributed by atoms with E-state index in [-0.39, 0.29) is 5.97 Å². The molecule has 1 aliphatic rings. The monoisotopic (exact) mass is 470 g/mol. The largest absolute Gasteiger partial charge is 0.493 e. The zero-order chi connectivity index (χ0) is 23.5. The third kappa shape index (κ3) is 4.74. The Bertz CT molecular complexity index is 1180. The number of methoxy groups -OCH3 is 2. The first kappa shape index (κ1) is 23.3. The van der Waals surface area contributed by atoms with E-state index in [1.165, 1.54) is 22.5 Å². The maximum absolute atomic E-state index is 12.3. The SMILES string of the molecule is CCOC(=O)c1sc2nc(C)nc(NCCN3CCc4cc(OC)c(OC)cc4C3)c2c1C. The number of fused-ring (bicyclic) bond motifs is 2. The number of anilines is 1. The molecule has 0 aliphatic carbocycles. The molecule has 0 saturated heterocycles. The van der Waals surface area contributed by atoms with Gasteiger partial charge in [0, 0.05) is 26.2 Å². The van der Waals surface area contributed by atoms with E-state index in [1.807, 2.05) is 20.8 Å². The first-order valence-electron chi connectivity index (χ1n) is 11.1. The van der Waals surface area contributed by atoms with Gasteiger partial charge in [0.1, 0.15) is 21.3 Å². The molecule has 2 aromatic heterocycles. The fourth-order valence-corrected chi connectivity index (χ4v) is 5.35. The van der Waals surface area contributed by atoms with Gasteiger partial charge in [0.05, 0.1) is 26.2 Å². The zero-order valence-corrected chi connectivity index (χ0v) is 20.6. The summed E-state index contributed by atoms with van der Waals surface area (Å²) in [5.41, 5.74) is 3.45. The summed E-state index contributed by atoms with van der Waals surface area (Å²) in [5.74, 6) is 2.68. The van der Waals surface area contributed by atoms with E-state index in [0.29, 0.717) is 17.3 Å². The van der Waals surface area contributed by atoms with Gasteiger partial charge >= 0.3 is 5.97 Å². The molecule has 3 heterocycles. The molecule has 0 spiro atoms. The number of ether oxygens (including phenoxy) is 3. The molecule has 33 heavy (non-hydrogen) atoms. The van der Waals surface area contributed by atoms with E-state index in [1.54, 1.807) is 14.2 Å². The van der Waals surface area contributed by atoms with Crippen molar-refractivity contribution in [1.82, 2.24) is 14.9 Å². The molecule has 9 heteroatoms. The number of hydrogen-bond donors (Lipinski definition) is 1. The van der Waals surface area contributed by atoms with E-state index in [0.717, 1.165) is 65.7 Å². The Morgan fingerprint density at radius 3 is 2.58 bits per heavy atom. The summed E-state index contributed by atoms with van der Waals surface area (Å²) >= 11 is 1.36. The van der Waals surface area contributed by atoms with Crippen LogP contribution in [-0.4, -0.2) is 61.3 Å². The van der Waals surface area contributed by atoms with Gasteiger partial charge in [0.2, 0.25) is 0 Å². The lowest BCUT2D eigenvalue weighted by Gasteiger charge is -2.29. The van der Waals surface area contributed by atoms with Gasteiger partial charge in [-0.3, -0.25) is 4.90 Å². The Hall–Kier alpha value is -2.91. The smallest absolute Gasteiger partial charge is 0.348 e. The first-order valence-corrected chi connectivity index (χ1v) is 11.9. The molecule has 1 aliphatic heterocycles. The number of benzene rings is 1. The predicted molar refractivity (Wildman–Crippen MR) is 130 cm³/mol. The van der Waals surface area contributed by atoms with Crippen LogP contribution in [0.4, 0.5) is 5.82 Å². The molecule has 0 unspecified atom stereocenters. The minimum atomic E-state index is -0.305.